The largest absolute Gasteiger partial charge is 0.494 e. The van der Waals surface area contributed by atoms with Crippen LogP contribution in [0.2, 0.25) is 0 Å². The molecule has 2 unspecified atom stereocenters. The van der Waals surface area contributed by atoms with Gasteiger partial charge in [0.1, 0.15) is 0 Å². The summed E-state index contributed by atoms with van der Waals surface area (Å²) >= 11 is 0. The molecule has 168 valence electrons. The molecule has 2 atom stereocenters. The zero-order valence-corrected chi connectivity index (χ0v) is 18.3. The number of amides is 1. The molecule has 0 aliphatic heterocycles. The van der Waals surface area contributed by atoms with Crippen molar-refractivity contribution in [3.63, 3.8) is 0 Å². The lowest BCUT2D eigenvalue weighted by Gasteiger charge is -2.30. The molecule has 1 aromatic heterocycles. The molecule has 6 rings (SSSR count). The Bertz CT molecular complexity index is 1080. The highest BCUT2D eigenvalue weighted by Crippen LogP contribution is 2.61. The van der Waals surface area contributed by atoms with Crippen LogP contribution in [0.25, 0.3) is 0 Å². The van der Waals surface area contributed by atoms with Crippen molar-refractivity contribution in [2.75, 3.05) is 5.32 Å². The number of aryl methyl sites for hydroxylation is 1. The summed E-state index contributed by atoms with van der Waals surface area (Å²) in [7, 11) is 0. The number of hydrogen-bond acceptors (Lipinski definition) is 4. The van der Waals surface area contributed by atoms with Gasteiger partial charge in [0.2, 0.25) is 5.91 Å². The molecule has 4 aliphatic rings. The molecule has 2 bridgehead atoms. The Morgan fingerprint density at radius 3 is 2.31 bits per heavy atom. The zero-order chi connectivity index (χ0) is 22.0. The molecule has 1 heterocycles. The van der Waals surface area contributed by atoms with Gasteiger partial charge in [0.25, 0.3) is 0 Å². The van der Waals surface area contributed by atoms with Crippen molar-refractivity contribution in [2.45, 2.75) is 82.1 Å². The maximum Gasteiger partial charge on any atom is 0.227 e. The fourth-order valence-electron chi connectivity index (χ4n) is 6.89. The van der Waals surface area contributed by atoms with Gasteiger partial charge in [0.15, 0.2) is 17.5 Å². The predicted octanol–water partition coefficient (Wildman–Crippen LogP) is 5.15. The minimum atomic E-state index is -0.122. The lowest BCUT2D eigenvalue weighted by atomic mass is 9.84. The summed E-state index contributed by atoms with van der Waals surface area (Å²) in [6.07, 6.45) is 8.46. The van der Waals surface area contributed by atoms with E-state index in [4.69, 9.17) is 0 Å². The number of anilines is 1. The number of carbonyl (C=O) groups is 2. The molecular weight excluding hydrogens is 404 g/mol. The molecule has 2 saturated carbocycles. The van der Waals surface area contributed by atoms with Gasteiger partial charge in [-0.2, -0.15) is 0 Å². The van der Waals surface area contributed by atoms with Gasteiger partial charge in [0, 0.05) is 35.1 Å². The molecule has 3 N–H and O–H groups in total. The lowest BCUT2D eigenvalue weighted by Crippen LogP contribution is -2.29. The number of fused-ring (bicyclic) bond motifs is 6. The number of nitrogens with zero attached hydrogens (tertiary/aromatic N) is 1. The molecule has 1 amide bonds. The normalized spacial score (nSPS) is 28.4. The van der Waals surface area contributed by atoms with Gasteiger partial charge in [-0.1, -0.05) is 12.1 Å². The van der Waals surface area contributed by atoms with Crippen molar-refractivity contribution in [2.24, 2.45) is 5.92 Å². The molecule has 0 saturated heterocycles. The van der Waals surface area contributed by atoms with Gasteiger partial charge < -0.3 is 15.5 Å². The summed E-state index contributed by atoms with van der Waals surface area (Å²) in [5, 5.41) is 24.8. The number of aromatic hydroxyl groups is 2. The van der Waals surface area contributed by atoms with E-state index in [1.165, 1.54) is 0 Å². The number of aromatic nitrogens is 1. The van der Waals surface area contributed by atoms with E-state index in [1.54, 1.807) is 4.57 Å². The topological polar surface area (TPSA) is 91.6 Å². The molecule has 1 aromatic carbocycles. The van der Waals surface area contributed by atoms with E-state index < -0.39 is 0 Å². The third kappa shape index (κ3) is 2.91. The first-order chi connectivity index (χ1) is 15.5. The number of benzene rings is 1. The Balaban J connectivity index is 1.16. The van der Waals surface area contributed by atoms with Crippen molar-refractivity contribution in [3.05, 3.63) is 40.5 Å². The van der Waals surface area contributed by atoms with Gasteiger partial charge >= 0.3 is 0 Å². The number of rotatable bonds is 3. The molecule has 2 aromatic rings. The summed E-state index contributed by atoms with van der Waals surface area (Å²) in [4.78, 5) is 25.5. The predicted molar refractivity (Wildman–Crippen MR) is 120 cm³/mol. The Hall–Kier alpha value is -2.76. The van der Waals surface area contributed by atoms with Crippen LogP contribution in [0.3, 0.4) is 0 Å². The van der Waals surface area contributed by atoms with Crippen LogP contribution >= 0.6 is 0 Å². The number of nitrogens with one attached hydrogen (secondary N) is 1. The van der Waals surface area contributed by atoms with Crippen LogP contribution in [0.1, 0.15) is 103 Å². The van der Waals surface area contributed by atoms with E-state index in [0.29, 0.717) is 42.3 Å². The highest BCUT2D eigenvalue weighted by molar-refractivity contribution is 6.07. The first-order valence-electron chi connectivity index (χ1n) is 12.1. The number of hydrogen-bond donors (Lipinski definition) is 3. The van der Waals surface area contributed by atoms with E-state index in [1.807, 2.05) is 18.2 Å². The molecule has 32 heavy (non-hydrogen) atoms. The molecular formula is C26H30N2O4. The zero-order valence-electron chi connectivity index (χ0n) is 18.3. The minimum Gasteiger partial charge on any atom is -0.494 e. The Morgan fingerprint density at radius 2 is 1.62 bits per heavy atom. The average molecular weight is 435 g/mol. The van der Waals surface area contributed by atoms with Crippen LogP contribution in [0, 0.1) is 5.92 Å². The molecule has 4 aliphatic carbocycles. The second-order valence-corrected chi connectivity index (χ2v) is 10.2. The highest BCUT2D eigenvalue weighted by Gasteiger charge is 2.45. The summed E-state index contributed by atoms with van der Waals surface area (Å²) in [5.41, 5.74) is 4.33. The standard InChI is InChI=1S/C26H30N2O4/c29-20-6-2-4-14-3-1-5-19(21(14)20)27-24(30)15-9-11-18(12-10-15)28-25(31)22-16-7-8-17(13-16)23(22)26(28)32/h1,3,5,15-18,31-32H,2,4,6-13H2,(H,27,30). The smallest absolute Gasteiger partial charge is 0.227 e. The van der Waals surface area contributed by atoms with Gasteiger partial charge in [-0.3, -0.25) is 14.2 Å². The maximum absolute atomic E-state index is 13.0. The molecule has 6 heteroatoms. The van der Waals surface area contributed by atoms with Crippen molar-refractivity contribution < 1.29 is 19.8 Å². The highest BCUT2D eigenvalue weighted by atomic mass is 16.3. The Labute approximate surface area is 187 Å². The van der Waals surface area contributed by atoms with Crippen molar-refractivity contribution in [3.8, 4) is 11.8 Å². The second-order valence-electron chi connectivity index (χ2n) is 10.2. The molecule has 0 spiro atoms. The Morgan fingerprint density at radius 1 is 0.938 bits per heavy atom. The van der Waals surface area contributed by atoms with Crippen molar-refractivity contribution in [1.29, 1.82) is 0 Å². The van der Waals surface area contributed by atoms with Crippen molar-refractivity contribution in [1.82, 2.24) is 4.57 Å². The summed E-state index contributed by atoms with van der Waals surface area (Å²) < 4.78 is 1.75. The van der Waals surface area contributed by atoms with Gasteiger partial charge in [-0.05, 0) is 81.3 Å². The minimum absolute atomic E-state index is 0.0233. The molecule has 2 fully saturated rings. The van der Waals surface area contributed by atoms with Gasteiger partial charge in [-0.25, -0.2) is 0 Å². The number of Topliss-reactive ketones (excluding diaryl/α,β-unsaturated/α-hetero) is 1. The third-order valence-electron chi connectivity index (χ3n) is 8.45. The Kier molecular flexibility index (Phi) is 4.60. The van der Waals surface area contributed by atoms with E-state index in [2.05, 4.69) is 5.32 Å². The SMILES string of the molecule is O=C1CCCc2cccc(NC(=O)C3CCC(n4c(O)c5c(c4O)C4CCC5C4)CC3)c21. The average Bonchev–Trinajstić information content (AvgIpc) is 3.48. The third-order valence-corrected chi connectivity index (χ3v) is 8.45. The fourth-order valence-corrected chi connectivity index (χ4v) is 6.89. The quantitative estimate of drug-likeness (QED) is 0.623. The summed E-state index contributed by atoms with van der Waals surface area (Å²) in [5.74, 6) is 1.26. The first kappa shape index (κ1) is 19.9. The van der Waals surface area contributed by atoms with E-state index in [9.17, 15) is 19.8 Å². The van der Waals surface area contributed by atoms with Crippen LogP contribution in [0.4, 0.5) is 5.69 Å². The summed E-state index contributed by atoms with van der Waals surface area (Å²) in [6.45, 7) is 0. The van der Waals surface area contributed by atoms with Crippen molar-refractivity contribution >= 4 is 17.4 Å². The maximum atomic E-state index is 13.0. The molecule has 0 radical (unpaired) electrons. The van der Waals surface area contributed by atoms with E-state index >= 15 is 0 Å². The van der Waals surface area contributed by atoms with E-state index in [0.717, 1.165) is 61.6 Å². The van der Waals surface area contributed by atoms with Crippen LogP contribution in [-0.2, 0) is 11.2 Å². The number of ketones is 1. The van der Waals surface area contributed by atoms with Crippen LogP contribution < -0.4 is 5.32 Å². The fraction of sp³-hybridized carbons (Fsp3) is 0.538. The molecule has 6 nitrogen and oxygen atoms in total. The van der Waals surface area contributed by atoms with Gasteiger partial charge in [0.05, 0.1) is 5.69 Å². The first-order valence-corrected chi connectivity index (χ1v) is 12.1. The van der Waals surface area contributed by atoms with Crippen LogP contribution in [-0.4, -0.2) is 26.5 Å². The van der Waals surface area contributed by atoms with Crippen LogP contribution in [0.5, 0.6) is 11.8 Å². The summed E-state index contributed by atoms with van der Waals surface area (Å²) in [6, 6.07) is 5.74. The monoisotopic (exact) mass is 434 g/mol. The lowest BCUT2D eigenvalue weighted by molar-refractivity contribution is -0.121. The van der Waals surface area contributed by atoms with Gasteiger partial charge in [-0.15, -0.1) is 0 Å². The van der Waals surface area contributed by atoms with E-state index in [-0.39, 0.29) is 35.4 Å². The van der Waals surface area contributed by atoms with Crippen LogP contribution in [0.15, 0.2) is 18.2 Å². The second kappa shape index (κ2) is 7.39. The number of carbonyl (C=O) groups excluding carboxylic acids is 2.